The average molecular weight is 227 g/mol. The van der Waals surface area contributed by atoms with Crippen molar-refractivity contribution in [3.63, 3.8) is 0 Å². The molecule has 0 saturated heterocycles. The van der Waals surface area contributed by atoms with Gasteiger partial charge in [-0.25, -0.2) is 4.98 Å². The monoisotopic (exact) mass is 226 g/mol. The molecule has 1 aromatic rings. The molecule has 0 aliphatic heterocycles. The Morgan fingerprint density at radius 2 is 2.43 bits per heavy atom. The van der Waals surface area contributed by atoms with E-state index in [0.29, 0.717) is 11.6 Å². The summed E-state index contributed by atoms with van der Waals surface area (Å²) in [7, 11) is 0. The summed E-state index contributed by atoms with van der Waals surface area (Å²) in [5, 5.41) is 4.76. The standard InChI is InChI=1S/C10H11ClN2S/c1-2-5-12-6-7-14-10-4-3-9(11)8-13-10/h1,3-4,8,12H,5-7H2. The Morgan fingerprint density at radius 3 is 3.07 bits per heavy atom. The van der Waals surface area contributed by atoms with Gasteiger partial charge in [-0.05, 0) is 12.1 Å². The van der Waals surface area contributed by atoms with Crippen LogP contribution in [0.15, 0.2) is 23.4 Å². The van der Waals surface area contributed by atoms with Gasteiger partial charge in [0.25, 0.3) is 0 Å². The third kappa shape index (κ3) is 4.52. The first-order valence-electron chi connectivity index (χ1n) is 4.21. The normalized spacial score (nSPS) is 9.71. The molecule has 0 aromatic carbocycles. The zero-order valence-corrected chi connectivity index (χ0v) is 9.24. The van der Waals surface area contributed by atoms with E-state index >= 15 is 0 Å². The molecule has 0 atom stereocenters. The maximum atomic E-state index is 5.71. The highest BCUT2D eigenvalue weighted by Gasteiger charge is 1.94. The van der Waals surface area contributed by atoms with Crippen LogP contribution in [-0.4, -0.2) is 23.8 Å². The first kappa shape index (κ1) is 11.4. The molecule has 14 heavy (non-hydrogen) atoms. The van der Waals surface area contributed by atoms with Crippen LogP contribution in [0.5, 0.6) is 0 Å². The Balaban J connectivity index is 2.19. The molecule has 74 valence electrons. The van der Waals surface area contributed by atoms with E-state index in [0.717, 1.165) is 17.3 Å². The molecule has 0 fully saturated rings. The van der Waals surface area contributed by atoms with Gasteiger partial charge < -0.3 is 5.32 Å². The van der Waals surface area contributed by atoms with Crippen LogP contribution in [0.2, 0.25) is 5.02 Å². The zero-order chi connectivity index (χ0) is 10.2. The number of rotatable bonds is 5. The van der Waals surface area contributed by atoms with Crippen LogP contribution in [0.3, 0.4) is 0 Å². The summed E-state index contributed by atoms with van der Waals surface area (Å²) >= 11 is 7.39. The lowest BCUT2D eigenvalue weighted by atomic mass is 10.5. The van der Waals surface area contributed by atoms with Gasteiger partial charge in [-0.1, -0.05) is 17.5 Å². The minimum absolute atomic E-state index is 0.620. The van der Waals surface area contributed by atoms with Crippen molar-refractivity contribution >= 4 is 23.4 Å². The van der Waals surface area contributed by atoms with Crippen molar-refractivity contribution in [2.24, 2.45) is 0 Å². The first-order chi connectivity index (χ1) is 6.83. The molecule has 2 nitrogen and oxygen atoms in total. The van der Waals surface area contributed by atoms with E-state index in [9.17, 15) is 0 Å². The quantitative estimate of drug-likeness (QED) is 0.473. The van der Waals surface area contributed by atoms with Crippen LogP contribution in [0.25, 0.3) is 0 Å². The van der Waals surface area contributed by atoms with Crippen molar-refractivity contribution in [2.75, 3.05) is 18.8 Å². The minimum Gasteiger partial charge on any atom is -0.305 e. The predicted octanol–water partition coefficient (Wildman–Crippen LogP) is 2.05. The van der Waals surface area contributed by atoms with E-state index in [1.165, 1.54) is 0 Å². The number of thioether (sulfide) groups is 1. The minimum atomic E-state index is 0.620. The third-order valence-electron chi connectivity index (χ3n) is 1.46. The fourth-order valence-electron chi connectivity index (χ4n) is 0.836. The number of nitrogens with one attached hydrogen (secondary N) is 1. The predicted molar refractivity (Wildman–Crippen MR) is 61.7 cm³/mol. The van der Waals surface area contributed by atoms with E-state index in [1.807, 2.05) is 12.1 Å². The van der Waals surface area contributed by atoms with Crippen LogP contribution in [0, 0.1) is 12.3 Å². The average Bonchev–Trinajstić information content (AvgIpc) is 2.21. The molecule has 0 spiro atoms. The molecular formula is C10H11ClN2S. The highest BCUT2D eigenvalue weighted by atomic mass is 35.5. The van der Waals surface area contributed by atoms with Gasteiger partial charge in [-0.15, -0.1) is 18.2 Å². The fraction of sp³-hybridized carbons (Fsp3) is 0.300. The van der Waals surface area contributed by atoms with E-state index in [4.69, 9.17) is 18.0 Å². The second-order valence-corrected chi connectivity index (χ2v) is 4.10. The van der Waals surface area contributed by atoms with Crippen LogP contribution >= 0.6 is 23.4 Å². The van der Waals surface area contributed by atoms with Crippen LogP contribution in [-0.2, 0) is 0 Å². The van der Waals surface area contributed by atoms with Crippen molar-refractivity contribution in [2.45, 2.75) is 5.03 Å². The number of nitrogens with zero attached hydrogens (tertiary/aromatic N) is 1. The highest BCUT2D eigenvalue weighted by Crippen LogP contribution is 2.16. The van der Waals surface area contributed by atoms with Crippen molar-refractivity contribution in [1.29, 1.82) is 0 Å². The molecule has 4 heteroatoms. The van der Waals surface area contributed by atoms with Crippen molar-refractivity contribution in [1.82, 2.24) is 10.3 Å². The second-order valence-electron chi connectivity index (χ2n) is 2.54. The number of halogens is 1. The summed E-state index contributed by atoms with van der Waals surface area (Å²) < 4.78 is 0. The Bertz CT molecular complexity index is 305. The number of aromatic nitrogens is 1. The maximum Gasteiger partial charge on any atom is 0.0961 e. The summed E-state index contributed by atoms with van der Waals surface area (Å²) in [6, 6.07) is 3.75. The third-order valence-corrected chi connectivity index (χ3v) is 2.63. The fourth-order valence-corrected chi connectivity index (χ4v) is 1.69. The Hall–Kier alpha value is -0.690. The van der Waals surface area contributed by atoms with Crippen LogP contribution < -0.4 is 5.32 Å². The van der Waals surface area contributed by atoms with Crippen molar-refractivity contribution in [3.8, 4) is 12.3 Å². The van der Waals surface area contributed by atoms with E-state index in [2.05, 4.69) is 16.2 Å². The van der Waals surface area contributed by atoms with Gasteiger partial charge in [0, 0.05) is 18.5 Å². The molecule has 1 N–H and O–H groups in total. The van der Waals surface area contributed by atoms with Crippen LogP contribution in [0.4, 0.5) is 0 Å². The molecule has 0 amide bonds. The maximum absolute atomic E-state index is 5.71. The molecule has 0 saturated carbocycles. The van der Waals surface area contributed by atoms with E-state index < -0.39 is 0 Å². The summed E-state index contributed by atoms with van der Waals surface area (Å²) in [5.74, 6) is 3.48. The largest absolute Gasteiger partial charge is 0.305 e. The van der Waals surface area contributed by atoms with Gasteiger partial charge in [0.05, 0.1) is 16.6 Å². The lowest BCUT2D eigenvalue weighted by Gasteiger charge is -2.00. The number of terminal acetylenes is 1. The smallest absolute Gasteiger partial charge is 0.0961 e. The first-order valence-corrected chi connectivity index (χ1v) is 5.58. The lowest BCUT2D eigenvalue weighted by Crippen LogP contribution is -2.16. The van der Waals surface area contributed by atoms with Crippen molar-refractivity contribution < 1.29 is 0 Å². The number of hydrogen-bond acceptors (Lipinski definition) is 3. The molecular weight excluding hydrogens is 216 g/mol. The molecule has 1 aromatic heterocycles. The lowest BCUT2D eigenvalue weighted by molar-refractivity contribution is 0.817. The summed E-state index contributed by atoms with van der Waals surface area (Å²) in [6.07, 6.45) is 6.74. The van der Waals surface area contributed by atoms with Gasteiger partial charge in [0.2, 0.25) is 0 Å². The van der Waals surface area contributed by atoms with Gasteiger partial charge in [0.15, 0.2) is 0 Å². The van der Waals surface area contributed by atoms with Gasteiger partial charge in [0.1, 0.15) is 0 Å². The highest BCUT2D eigenvalue weighted by molar-refractivity contribution is 7.99. The van der Waals surface area contributed by atoms with E-state index in [-0.39, 0.29) is 0 Å². The summed E-state index contributed by atoms with van der Waals surface area (Å²) in [4.78, 5) is 4.16. The molecule has 0 aliphatic carbocycles. The topological polar surface area (TPSA) is 24.9 Å². The second kappa shape index (κ2) is 6.72. The number of hydrogen-bond donors (Lipinski definition) is 1. The van der Waals surface area contributed by atoms with Gasteiger partial charge in [-0.3, -0.25) is 0 Å². The Labute approximate surface area is 93.5 Å². The molecule has 1 rings (SSSR count). The Morgan fingerprint density at radius 1 is 1.57 bits per heavy atom. The molecule has 0 aliphatic rings. The van der Waals surface area contributed by atoms with E-state index in [1.54, 1.807) is 18.0 Å². The van der Waals surface area contributed by atoms with Crippen LogP contribution in [0.1, 0.15) is 0 Å². The zero-order valence-electron chi connectivity index (χ0n) is 7.66. The molecule has 1 heterocycles. The summed E-state index contributed by atoms with van der Waals surface area (Å²) in [6.45, 7) is 1.51. The molecule has 0 radical (unpaired) electrons. The Kier molecular flexibility index (Phi) is 5.46. The SMILES string of the molecule is C#CCNCCSc1ccc(Cl)cn1. The molecule has 0 bridgehead atoms. The van der Waals surface area contributed by atoms with Gasteiger partial charge >= 0.3 is 0 Å². The van der Waals surface area contributed by atoms with Gasteiger partial charge in [-0.2, -0.15) is 0 Å². The summed E-state index contributed by atoms with van der Waals surface area (Å²) in [5.41, 5.74) is 0. The number of pyridine rings is 1. The molecule has 0 unspecified atom stereocenters. The van der Waals surface area contributed by atoms with Crippen molar-refractivity contribution in [3.05, 3.63) is 23.4 Å².